The van der Waals surface area contributed by atoms with Gasteiger partial charge in [-0.1, -0.05) is 0 Å². The van der Waals surface area contributed by atoms with E-state index in [0.29, 0.717) is 6.07 Å². The van der Waals surface area contributed by atoms with E-state index in [1.54, 1.807) is 0 Å². The highest BCUT2D eigenvalue weighted by atomic mass is 127. The highest BCUT2D eigenvalue weighted by Crippen LogP contribution is 2.41. The molecule has 1 heterocycles. The van der Waals surface area contributed by atoms with Crippen molar-refractivity contribution in [3.05, 3.63) is 29.1 Å². The molecule has 2 rings (SSSR count). The van der Waals surface area contributed by atoms with Crippen LogP contribution in [0.4, 0.5) is 22.0 Å². The number of imidazole rings is 1. The Morgan fingerprint density at radius 1 is 1.20 bits per heavy atom. The van der Waals surface area contributed by atoms with Crippen molar-refractivity contribution in [2.24, 2.45) is 5.73 Å². The molecule has 0 radical (unpaired) electrons. The number of benzene rings is 1. The van der Waals surface area contributed by atoms with E-state index in [1.807, 2.05) is 0 Å². The van der Waals surface area contributed by atoms with Crippen molar-refractivity contribution in [3.8, 4) is 0 Å². The average Bonchev–Trinajstić information content (AvgIpc) is 2.67. The minimum atomic E-state index is -4.76. The van der Waals surface area contributed by atoms with Crippen LogP contribution in [0.1, 0.15) is 17.0 Å². The van der Waals surface area contributed by atoms with Crippen molar-refractivity contribution in [1.82, 2.24) is 9.97 Å². The normalized spacial score (nSPS) is 13.2. The molecule has 1 aromatic heterocycles. The van der Waals surface area contributed by atoms with Gasteiger partial charge < -0.3 is 10.7 Å². The molecule has 0 bridgehead atoms. The molecular formula is C11H9F5IN3. The van der Waals surface area contributed by atoms with E-state index < -0.39 is 21.2 Å². The molecule has 0 atom stereocenters. The Morgan fingerprint density at radius 2 is 1.85 bits per heavy atom. The molecule has 3 N–H and O–H groups in total. The zero-order chi connectivity index (χ0) is 15.1. The molecule has 0 aliphatic rings. The Labute approximate surface area is 123 Å². The molecule has 0 saturated heterocycles. The molecule has 0 unspecified atom stereocenters. The monoisotopic (exact) mass is 405 g/mol. The van der Waals surface area contributed by atoms with E-state index in [2.05, 4.69) is 9.97 Å². The highest BCUT2D eigenvalue weighted by Gasteiger charge is 2.37. The second kappa shape index (κ2) is 5.10. The number of aromatic amines is 1. The summed E-state index contributed by atoms with van der Waals surface area (Å²) in [7, 11) is 0. The first-order valence-electron chi connectivity index (χ1n) is 5.50. The van der Waals surface area contributed by atoms with Gasteiger partial charge in [-0.05, 0) is 18.7 Å². The van der Waals surface area contributed by atoms with E-state index in [1.165, 1.54) is 0 Å². The topological polar surface area (TPSA) is 54.7 Å². The van der Waals surface area contributed by atoms with Crippen LogP contribution in [0.25, 0.3) is 11.0 Å². The van der Waals surface area contributed by atoms with Crippen molar-refractivity contribution in [1.29, 1.82) is 0 Å². The van der Waals surface area contributed by atoms with Crippen LogP contribution in [0.3, 0.4) is 0 Å². The zero-order valence-electron chi connectivity index (χ0n) is 9.86. The smallest absolute Gasteiger partial charge is 0.342 e. The molecule has 0 aliphatic carbocycles. The Morgan fingerprint density at radius 3 is 2.35 bits per heavy atom. The molecule has 20 heavy (non-hydrogen) atoms. The number of halogens is 6. The third-order valence-corrected chi connectivity index (χ3v) is 3.27. The van der Waals surface area contributed by atoms with Gasteiger partial charge in [0.1, 0.15) is 11.3 Å². The largest absolute Gasteiger partial charge is 0.418 e. The van der Waals surface area contributed by atoms with Gasteiger partial charge in [-0.3, -0.25) is 0 Å². The van der Waals surface area contributed by atoms with Crippen LogP contribution in [0.2, 0.25) is 0 Å². The number of hydrogen-bond acceptors (Lipinski definition) is 2. The standard InChI is InChI=1S/C11H9F5IN3/c12-10(13,14)6-3-5(11(15,16)17)4-7-9(6)20-8(19-7)1-2-18/h3-4H,1-2,18H2,(H,19,20). The molecule has 0 fully saturated rings. The maximum Gasteiger partial charge on any atom is 0.418 e. The number of rotatable bonds is 3. The second-order valence-electron chi connectivity index (χ2n) is 4.14. The molecule has 110 valence electrons. The van der Waals surface area contributed by atoms with E-state index in [-0.39, 0.29) is 29.8 Å². The third kappa shape index (κ3) is 3.03. The van der Waals surface area contributed by atoms with Gasteiger partial charge in [0.15, 0.2) is 0 Å². The number of nitrogens with zero attached hydrogens (tertiary/aromatic N) is 1. The number of nitrogens with one attached hydrogen (secondary N) is 1. The Hall–Kier alpha value is -0.970. The lowest BCUT2D eigenvalue weighted by Crippen LogP contribution is -2.10. The molecular weight excluding hydrogens is 396 g/mol. The molecule has 1 aromatic carbocycles. The van der Waals surface area contributed by atoms with Gasteiger partial charge in [0.25, 0.3) is 0 Å². The van der Waals surface area contributed by atoms with Crippen molar-refractivity contribution in [3.63, 3.8) is 0 Å². The molecule has 3 nitrogen and oxygen atoms in total. The lowest BCUT2D eigenvalue weighted by atomic mass is 10.1. The molecule has 9 heteroatoms. The number of alkyl halides is 6. The molecule has 0 spiro atoms. The van der Waals surface area contributed by atoms with Gasteiger partial charge in [-0.25, -0.2) is 4.98 Å². The minimum Gasteiger partial charge on any atom is -0.342 e. The first kappa shape index (κ1) is 15.4. The van der Waals surface area contributed by atoms with Crippen LogP contribution in [-0.2, 0) is 16.5 Å². The summed E-state index contributed by atoms with van der Waals surface area (Å²) in [6, 6.07) is 1.41. The Balaban J connectivity index is 2.72. The van der Waals surface area contributed by atoms with Gasteiger partial charge >= 0.3 is 10.1 Å². The predicted molar refractivity (Wildman–Crippen MR) is 71.8 cm³/mol. The van der Waals surface area contributed by atoms with Gasteiger partial charge in [0.05, 0.1) is 11.1 Å². The van der Waals surface area contributed by atoms with E-state index in [4.69, 9.17) is 5.73 Å². The van der Waals surface area contributed by atoms with E-state index in [0.717, 1.165) is 28.7 Å². The van der Waals surface area contributed by atoms with Crippen LogP contribution in [-0.4, -0.2) is 16.5 Å². The van der Waals surface area contributed by atoms with Gasteiger partial charge in [0.2, 0.25) is 0 Å². The third-order valence-electron chi connectivity index (χ3n) is 2.65. The number of nitrogens with two attached hydrogens (primary N) is 1. The summed E-state index contributed by atoms with van der Waals surface area (Å²) < 4.78 is 62.0. The maximum absolute atomic E-state index is 13.3. The summed E-state index contributed by atoms with van der Waals surface area (Å²) in [5.41, 5.74) is 2.96. The minimum absolute atomic E-state index is 0.0744. The summed E-state index contributed by atoms with van der Waals surface area (Å²) in [4.78, 5) is 6.38. The molecule has 0 saturated carbocycles. The number of fused-ring (bicyclic) bond motifs is 1. The Bertz CT molecular complexity index is 629. The summed E-state index contributed by atoms with van der Waals surface area (Å²) in [5.74, 6) is 0.238. The lowest BCUT2D eigenvalue weighted by Gasteiger charge is -2.13. The highest BCUT2D eigenvalue weighted by molar-refractivity contribution is 14.1. The number of hydrogen-bond donors (Lipinski definition) is 2. The maximum atomic E-state index is 13.3. The number of aromatic nitrogens is 2. The van der Waals surface area contributed by atoms with Crippen molar-refractivity contribution < 1.29 is 22.0 Å². The summed E-state index contributed by atoms with van der Waals surface area (Å²) >= 11 is 0.789. The van der Waals surface area contributed by atoms with Gasteiger partial charge in [0, 0.05) is 34.6 Å². The summed E-state index contributed by atoms with van der Waals surface area (Å²) in [6.07, 6.45) is -4.52. The van der Waals surface area contributed by atoms with Crippen LogP contribution in [0, 0.1) is 0 Å². The van der Waals surface area contributed by atoms with E-state index >= 15 is 0 Å². The lowest BCUT2D eigenvalue weighted by molar-refractivity contribution is -0.136. The first-order chi connectivity index (χ1) is 9.13. The second-order valence-corrected chi connectivity index (χ2v) is 5.49. The predicted octanol–water partition coefficient (Wildman–Crippen LogP) is 3.57. The summed E-state index contributed by atoms with van der Waals surface area (Å²) in [6.45, 7) is 0.191. The fourth-order valence-corrected chi connectivity index (χ4v) is 2.11. The Kier molecular flexibility index (Phi) is 3.93. The van der Waals surface area contributed by atoms with Crippen molar-refractivity contribution >= 4 is 33.6 Å². The quantitative estimate of drug-likeness (QED) is 0.466. The van der Waals surface area contributed by atoms with Gasteiger partial charge in [-0.2, -0.15) is 22.0 Å². The number of H-pyrrole nitrogens is 1. The van der Waals surface area contributed by atoms with Crippen molar-refractivity contribution in [2.45, 2.75) is 16.5 Å². The SMILES string of the molecule is NCCc1nc2c(C(F)(F)F)cc(C(F)(F)I)cc2[nH]1. The molecule has 2 aromatic rings. The van der Waals surface area contributed by atoms with Crippen LogP contribution in [0.5, 0.6) is 0 Å². The first-order valence-corrected chi connectivity index (χ1v) is 6.58. The fraction of sp³-hybridized carbons (Fsp3) is 0.364. The van der Waals surface area contributed by atoms with Crippen LogP contribution in [0.15, 0.2) is 12.1 Å². The zero-order valence-corrected chi connectivity index (χ0v) is 12.0. The summed E-state index contributed by atoms with van der Waals surface area (Å²) in [5, 5.41) is 0. The average molecular weight is 405 g/mol. The molecule has 0 aliphatic heterocycles. The fourth-order valence-electron chi connectivity index (χ4n) is 1.80. The molecule has 0 amide bonds. The van der Waals surface area contributed by atoms with Crippen LogP contribution < -0.4 is 5.73 Å². The van der Waals surface area contributed by atoms with Crippen molar-refractivity contribution in [2.75, 3.05) is 6.54 Å². The van der Waals surface area contributed by atoms with E-state index in [9.17, 15) is 22.0 Å². The van der Waals surface area contributed by atoms with Crippen LogP contribution >= 0.6 is 22.6 Å². The van der Waals surface area contributed by atoms with Gasteiger partial charge in [-0.15, -0.1) is 0 Å².